The molecule has 1 fully saturated rings. The van der Waals surface area contributed by atoms with E-state index in [1.54, 1.807) is 7.11 Å². The Balaban J connectivity index is 1.78. The minimum atomic E-state index is -1.97. The molecule has 1 heterocycles. The Hall–Kier alpha value is -1.24. The highest BCUT2D eigenvalue weighted by molar-refractivity contribution is 6.74. The van der Waals surface area contributed by atoms with Gasteiger partial charge < -0.3 is 28.5 Å². The molecule has 1 aromatic carbocycles. The largest absolute Gasteiger partial charge is 0.411 e. The van der Waals surface area contributed by atoms with Crippen LogP contribution in [0.15, 0.2) is 30.3 Å². The SMILES string of the molecule is CCCCCCCCCCCC[C@@H](O[Si](C)(C)C(C)(C)C)[C@H]1CC[C@H]([C@H](O)C#C[C@@H](CCCCCCCOCc2ccccc2)OCOC)O1. The summed E-state index contributed by atoms with van der Waals surface area (Å²) in [5, 5.41) is 11.2. The van der Waals surface area contributed by atoms with E-state index >= 15 is 0 Å². The van der Waals surface area contributed by atoms with Crippen molar-refractivity contribution in [3.63, 3.8) is 0 Å². The Morgan fingerprint density at radius 3 is 2.00 bits per heavy atom. The van der Waals surface area contributed by atoms with Crippen LogP contribution in [-0.4, -0.2) is 64.5 Å². The maximum absolute atomic E-state index is 11.1. The first kappa shape index (κ1) is 44.9. The van der Waals surface area contributed by atoms with Crippen LogP contribution in [0.3, 0.4) is 0 Å². The molecule has 6 nitrogen and oxygen atoms in total. The molecule has 7 heteroatoms. The predicted molar refractivity (Wildman–Crippen MR) is 211 cm³/mol. The molecule has 1 aliphatic heterocycles. The molecule has 288 valence electrons. The molecule has 0 aliphatic carbocycles. The third kappa shape index (κ3) is 19.6. The van der Waals surface area contributed by atoms with Gasteiger partial charge in [-0.25, -0.2) is 0 Å². The standard InChI is InChI=1S/C43H76O6Si/c1-8-9-10-11-12-13-14-15-18-24-29-42(49-50(6,7)43(2,3)4)41-33-32-40(48-41)39(44)31-30-38(47-36-45-5)28-23-17-16-19-25-34-46-35-37-26-21-20-22-27-37/h20-22,26-27,38-42,44H,8-19,23-25,28-29,32-36H2,1-7H3/t38-,39-,40-,41-,42-/m1/s1. The summed E-state index contributed by atoms with van der Waals surface area (Å²) in [5.41, 5.74) is 1.22. The lowest BCUT2D eigenvalue weighted by atomic mass is 10.0. The lowest BCUT2D eigenvalue weighted by Gasteiger charge is -2.41. The molecule has 0 amide bonds. The molecule has 1 aliphatic rings. The Morgan fingerprint density at radius 1 is 0.800 bits per heavy atom. The van der Waals surface area contributed by atoms with Gasteiger partial charge >= 0.3 is 0 Å². The number of hydrogen-bond acceptors (Lipinski definition) is 6. The summed E-state index contributed by atoms with van der Waals surface area (Å²) < 4.78 is 30.4. The van der Waals surface area contributed by atoms with Crippen LogP contribution in [0.5, 0.6) is 0 Å². The van der Waals surface area contributed by atoms with Gasteiger partial charge in [0, 0.05) is 13.7 Å². The van der Waals surface area contributed by atoms with E-state index in [1.165, 1.54) is 69.8 Å². The number of unbranched alkanes of at least 4 members (excludes halogenated alkanes) is 13. The number of hydrogen-bond donors (Lipinski definition) is 1. The minimum Gasteiger partial charge on any atom is -0.411 e. The van der Waals surface area contributed by atoms with Gasteiger partial charge in [0.15, 0.2) is 8.32 Å². The maximum Gasteiger partial charge on any atom is 0.192 e. The highest BCUT2D eigenvalue weighted by Crippen LogP contribution is 2.40. The van der Waals surface area contributed by atoms with Crippen LogP contribution in [0.25, 0.3) is 0 Å². The average Bonchev–Trinajstić information content (AvgIpc) is 3.59. The van der Waals surface area contributed by atoms with E-state index in [1.807, 2.05) is 18.2 Å². The normalized spacial score (nSPS) is 18.5. The van der Waals surface area contributed by atoms with Gasteiger partial charge in [0.25, 0.3) is 0 Å². The number of aliphatic hydroxyl groups excluding tert-OH is 1. The van der Waals surface area contributed by atoms with Crippen molar-refractivity contribution in [2.24, 2.45) is 0 Å². The molecular weight excluding hydrogens is 641 g/mol. The number of rotatable bonds is 28. The topological polar surface area (TPSA) is 66.4 Å². The van der Waals surface area contributed by atoms with Gasteiger partial charge in [-0.15, -0.1) is 0 Å². The van der Waals surface area contributed by atoms with Crippen LogP contribution in [0, 0.1) is 11.8 Å². The van der Waals surface area contributed by atoms with Crippen molar-refractivity contribution in [2.45, 2.75) is 205 Å². The van der Waals surface area contributed by atoms with E-state index in [0.717, 1.165) is 64.4 Å². The first-order chi connectivity index (χ1) is 24.1. The summed E-state index contributed by atoms with van der Waals surface area (Å²) in [6.07, 6.45) is 21.1. The van der Waals surface area contributed by atoms with Gasteiger partial charge in [0.1, 0.15) is 19.0 Å². The van der Waals surface area contributed by atoms with E-state index in [0.29, 0.717) is 6.61 Å². The summed E-state index contributed by atoms with van der Waals surface area (Å²) in [4.78, 5) is 0. The molecule has 2 rings (SSSR count). The fraction of sp³-hybridized carbons (Fsp3) is 0.814. The number of benzene rings is 1. The average molecular weight is 717 g/mol. The van der Waals surface area contributed by atoms with Gasteiger partial charge in [0.2, 0.25) is 0 Å². The van der Waals surface area contributed by atoms with Crippen molar-refractivity contribution in [1.82, 2.24) is 0 Å². The van der Waals surface area contributed by atoms with Gasteiger partial charge in [-0.1, -0.05) is 153 Å². The quantitative estimate of drug-likeness (QED) is 0.0403. The summed E-state index contributed by atoms with van der Waals surface area (Å²) in [7, 11) is -0.342. The van der Waals surface area contributed by atoms with Crippen LogP contribution < -0.4 is 0 Å². The molecule has 1 saturated heterocycles. The third-order valence-corrected chi connectivity index (χ3v) is 15.1. The van der Waals surface area contributed by atoms with Gasteiger partial charge in [-0.2, -0.15) is 0 Å². The first-order valence-electron chi connectivity index (χ1n) is 20.3. The van der Waals surface area contributed by atoms with E-state index in [4.69, 9.17) is 23.4 Å². The Morgan fingerprint density at radius 2 is 1.38 bits per heavy atom. The Labute approximate surface area is 309 Å². The molecule has 0 saturated carbocycles. The van der Waals surface area contributed by atoms with E-state index in [2.05, 4.69) is 64.8 Å². The van der Waals surface area contributed by atoms with Gasteiger partial charge in [0.05, 0.1) is 24.9 Å². The lowest BCUT2D eigenvalue weighted by Crippen LogP contribution is -2.47. The molecule has 0 aromatic heterocycles. The second kappa shape index (κ2) is 26.5. The highest BCUT2D eigenvalue weighted by atomic mass is 28.4. The molecule has 1 aromatic rings. The molecule has 50 heavy (non-hydrogen) atoms. The zero-order chi connectivity index (χ0) is 36.5. The molecule has 1 N–H and O–H groups in total. The van der Waals surface area contributed by atoms with Crippen molar-refractivity contribution in [3.8, 4) is 11.8 Å². The maximum atomic E-state index is 11.1. The van der Waals surface area contributed by atoms with Crippen LogP contribution in [0.4, 0.5) is 0 Å². The van der Waals surface area contributed by atoms with Gasteiger partial charge in [-0.3, -0.25) is 0 Å². The van der Waals surface area contributed by atoms with Gasteiger partial charge in [-0.05, 0) is 62.2 Å². The van der Waals surface area contributed by atoms with E-state index in [9.17, 15) is 5.11 Å². The third-order valence-electron chi connectivity index (χ3n) is 10.6. The molecule has 0 unspecified atom stereocenters. The molecule has 5 atom stereocenters. The summed E-state index contributed by atoms with van der Waals surface area (Å²) in [6.45, 7) is 15.6. The summed E-state index contributed by atoms with van der Waals surface area (Å²) in [5.74, 6) is 6.31. The van der Waals surface area contributed by atoms with E-state index < -0.39 is 14.4 Å². The number of aliphatic hydroxyl groups is 1. The monoisotopic (exact) mass is 717 g/mol. The highest BCUT2D eigenvalue weighted by Gasteiger charge is 2.43. The van der Waals surface area contributed by atoms with Crippen molar-refractivity contribution in [1.29, 1.82) is 0 Å². The summed E-state index contributed by atoms with van der Waals surface area (Å²) in [6, 6.07) is 10.3. The molecular formula is C43H76O6Si. The fourth-order valence-electron chi connectivity index (χ4n) is 6.35. The molecule has 0 bridgehead atoms. The Kier molecular flexibility index (Phi) is 23.8. The molecule has 0 spiro atoms. The second-order valence-electron chi connectivity index (χ2n) is 16.1. The van der Waals surface area contributed by atoms with Crippen molar-refractivity contribution in [2.75, 3.05) is 20.5 Å². The van der Waals surface area contributed by atoms with Crippen LogP contribution in [-0.2, 0) is 30.0 Å². The Bertz CT molecular complexity index is 1020. The minimum absolute atomic E-state index is 0.00779. The van der Waals surface area contributed by atoms with Crippen molar-refractivity contribution in [3.05, 3.63) is 35.9 Å². The van der Waals surface area contributed by atoms with Crippen molar-refractivity contribution >= 4 is 8.32 Å². The van der Waals surface area contributed by atoms with Crippen LogP contribution in [0.2, 0.25) is 18.1 Å². The smallest absolute Gasteiger partial charge is 0.192 e. The molecule has 0 radical (unpaired) electrons. The van der Waals surface area contributed by atoms with Crippen molar-refractivity contribution < 1.29 is 28.5 Å². The van der Waals surface area contributed by atoms with E-state index in [-0.39, 0.29) is 36.2 Å². The zero-order valence-corrected chi connectivity index (χ0v) is 34.3. The zero-order valence-electron chi connectivity index (χ0n) is 33.3. The summed E-state index contributed by atoms with van der Waals surface area (Å²) >= 11 is 0. The number of methoxy groups -OCH3 is 1. The van der Waals surface area contributed by atoms with Crippen LogP contribution >= 0.6 is 0 Å². The fourth-order valence-corrected chi connectivity index (χ4v) is 7.73. The second-order valence-corrected chi connectivity index (χ2v) is 20.8. The first-order valence-corrected chi connectivity index (χ1v) is 23.2. The number of ether oxygens (including phenoxy) is 4. The van der Waals surface area contributed by atoms with Crippen LogP contribution in [0.1, 0.15) is 155 Å². The lowest BCUT2D eigenvalue weighted by molar-refractivity contribution is -0.0613. The predicted octanol–water partition coefficient (Wildman–Crippen LogP) is 11.1.